The molecular weight excluding hydrogens is 401 g/mol. The number of nitrogens with one attached hydrogen (secondary N) is 1. The Bertz CT molecular complexity index is 833. The molecule has 8 heteroatoms. The summed E-state index contributed by atoms with van der Waals surface area (Å²) < 4.78 is 15.4. The highest BCUT2D eigenvalue weighted by Gasteiger charge is 2.25. The van der Waals surface area contributed by atoms with Gasteiger partial charge in [-0.2, -0.15) is 0 Å². The fourth-order valence-electron chi connectivity index (χ4n) is 3.68. The van der Waals surface area contributed by atoms with E-state index in [0.717, 1.165) is 18.1 Å². The van der Waals surface area contributed by atoms with E-state index in [9.17, 15) is 9.18 Å². The molecule has 1 heterocycles. The van der Waals surface area contributed by atoms with Crippen LogP contribution in [0.2, 0.25) is 0 Å². The molecule has 1 amide bonds. The van der Waals surface area contributed by atoms with E-state index in [4.69, 9.17) is 0 Å². The van der Waals surface area contributed by atoms with Crippen LogP contribution in [0.3, 0.4) is 0 Å². The van der Waals surface area contributed by atoms with Crippen LogP contribution in [0.15, 0.2) is 29.4 Å². The van der Waals surface area contributed by atoms with Crippen molar-refractivity contribution in [1.29, 1.82) is 0 Å². The molecule has 0 bridgehead atoms. The molecule has 1 N–H and O–H groups in total. The predicted molar refractivity (Wildman–Crippen MR) is 118 cm³/mol. The average molecular weight is 434 g/mol. The lowest BCUT2D eigenvalue weighted by Crippen LogP contribution is -2.35. The third-order valence-corrected chi connectivity index (χ3v) is 6.88. The average Bonchev–Trinajstić information content (AvgIpc) is 3.15. The van der Waals surface area contributed by atoms with Crippen LogP contribution < -0.4 is 5.32 Å². The molecule has 1 saturated carbocycles. The van der Waals surface area contributed by atoms with Gasteiger partial charge in [-0.3, -0.25) is 14.3 Å². The lowest BCUT2D eigenvalue weighted by molar-refractivity contribution is -0.120. The largest absolute Gasteiger partial charge is 0.355 e. The number of benzene rings is 1. The fraction of sp³-hybridized carbons (Fsp3) is 0.591. The minimum absolute atomic E-state index is 0.00679. The summed E-state index contributed by atoms with van der Waals surface area (Å²) in [4.78, 5) is 14.7. The van der Waals surface area contributed by atoms with Crippen LogP contribution in [-0.2, 0) is 4.79 Å². The van der Waals surface area contributed by atoms with Gasteiger partial charge in [-0.15, -0.1) is 10.2 Å². The Kier molecular flexibility index (Phi) is 7.88. The summed E-state index contributed by atoms with van der Waals surface area (Å²) in [5.41, 5.74) is 0.780. The molecule has 0 spiro atoms. The summed E-state index contributed by atoms with van der Waals surface area (Å²) in [6.07, 6.45) is 6.24. The van der Waals surface area contributed by atoms with Crippen molar-refractivity contribution in [3.63, 3.8) is 0 Å². The maximum Gasteiger partial charge on any atom is 0.233 e. The van der Waals surface area contributed by atoms with Crippen LogP contribution in [-0.4, -0.2) is 51.5 Å². The van der Waals surface area contributed by atoms with E-state index in [1.165, 1.54) is 56.0 Å². The van der Waals surface area contributed by atoms with Gasteiger partial charge in [0.1, 0.15) is 5.82 Å². The third-order valence-electron chi connectivity index (χ3n) is 5.83. The number of amides is 1. The topological polar surface area (TPSA) is 63.1 Å². The minimum atomic E-state index is -0.306. The number of rotatable bonds is 8. The first-order valence-corrected chi connectivity index (χ1v) is 11.6. The number of hydrogen-bond donors (Lipinski definition) is 1. The monoisotopic (exact) mass is 433 g/mol. The number of thioether (sulfide) groups is 1. The molecule has 30 heavy (non-hydrogen) atoms. The van der Waals surface area contributed by atoms with E-state index >= 15 is 0 Å². The highest BCUT2D eigenvalue weighted by atomic mass is 32.2. The summed E-state index contributed by atoms with van der Waals surface area (Å²) in [5, 5.41) is 12.2. The van der Waals surface area contributed by atoms with Gasteiger partial charge in [0.05, 0.1) is 11.3 Å². The Morgan fingerprint density at radius 3 is 2.50 bits per heavy atom. The van der Waals surface area contributed by atoms with Gasteiger partial charge in [0.25, 0.3) is 0 Å². The lowest BCUT2D eigenvalue weighted by Gasteiger charge is -2.23. The molecule has 0 aliphatic heterocycles. The van der Waals surface area contributed by atoms with Crippen molar-refractivity contribution in [2.45, 2.75) is 62.4 Å². The normalized spacial score (nSPS) is 17.1. The summed E-state index contributed by atoms with van der Waals surface area (Å²) in [6.45, 7) is 4.68. The standard InChI is InChI=1S/C22H32FN5OS/c1-15(27(3)4)20-25-26-22(28(20)19-12-10-18(23)11-13-19)30-16(2)21(29)24-14-17-8-6-5-7-9-17/h10-13,15-17H,5-9,14H2,1-4H3,(H,24,29)/t15-,16-/m0/s1. The molecule has 6 nitrogen and oxygen atoms in total. The molecule has 3 rings (SSSR count). The molecule has 0 saturated heterocycles. The van der Waals surface area contributed by atoms with Gasteiger partial charge in [-0.05, 0) is 71.0 Å². The first-order valence-electron chi connectivity index (χ1n) is 10.7. The van der Waals surface area contributed by atoms with Crippen LogP contribution in [0.25, 0.3) is 5.69 Å². The highest BCUT2D eigenvalue weighted by molar-refractivity contribution is 8.00. The molecule has 0 radical (unpaired) electrons. The van der Waals surface area contributed by atoms with E-state index < -0.39 is 0 Å². The number of carbonyl (C=O) groups is 1. The SMILES string of the molecule is C[C@H](Sc1nnc([C@H](C)N(C)C)n1-c1ccc(F)cc1)C(=O)NCC1CCCCC1. The zero-order chi connectivity index (χ0) is 21.7. The van der Waals surface area contributed by atoms with E-state index in [0.29, 0.717) is 11.1 Å². The second kappa shape index (κ2) is 10.4. The Labute approximate surface area is 182 Å². The second-order valence-electron chi connectivity index (χ2n) is 8.30. The van der Waals surface area contributed by atoms with Gasteiger partial charge in [-0.1, -0.05) is 31.0 Å². The van der Waals surface area contributed by atoms with E-state index in [2.05, 4.69) is 15.5 Å². The Morgan fingerprint density at radius 2 is 1.87 bits per heavy atom. The smallest absolute Gasteiger partial charge is 0.233 e. The Hall–Kier alpha value is -1.93. The van der Waals surface area contributed by atoms with Crippen LogP contribution in [0, 0.1) is 11.7 Å². The minimum Gasteiger partial charge on any atom is -0.355 e. The highest BCUT2D eigenvalue weighted by Crippen LogP contribution is 2.29. The first kappa shape index (κ1) is 22.7. The van der Waals surface area contributed by atoms with Gasteiger partial charge in [0, 0.05) is 12.2 Å². The quantitative estimate of drug-likeness (QED) is 0.632. The zero-order valence-corrected chi connectivity index (χ0v) is 19.1. The van der Waals surface area contributed by atoms with E-state index in [1.54, 1.807) is 12.1 Å². The first-order chi connectivity index (χ1) is 14.4. The molecule has 1 aromatic carbocycles. The molecule has 1 aliphatic carbocycles. The summed E-state index contributed by atoms with van der Waals surface area (Å²) in [7, 11) is 3.95. The van der Waals surface area contributed by atoms with Gasteiger partial charge < -0.3 is 5.32 Å². The van der Waals surface area contributed by atoms with Gasteiger partial charge in [-0.25, -0.2) is 4.39 Å². The maximum atomic E-state index is 13.5. The molecule has 164 valence electrons. The molecule has 2 aromatic rings. The number of hydrogen-bond acceptors (Lipinski definition) is 5. The molecule has 1 aromatic heterocycles. The van der Waals surface area contributed by atoms with Gasteiger partial charge in [0.2, 0.25) is 5.91 Å². The van der Waals surface area contributed by atoms with Crippen molar-refractivity contribution in [3.05, 3.63) is 35.9 Å². The van der Waals surface area contributed by atoms with Crippen LogP contribution in [0.4, 0.5) is 4.39 Å². The maximum absolute atomic E-state index is 13.5. The van der Waals surface area contributed by atoms with Crippen LogP contribution in [0.5, 0.6) is 0 Å². The van der Waals surface area contributed by atoms with E-state index in [1.807, 2.05) is 37.4 Å². The number of nitrogens with zero attached hydrogens (tertiary/aromatic N) is 4. The van der Waals surface area contributed by atoms with Gasteiger partial charge in [0.15, 0.2) is 11.0 Å². The predicted octanol–water partition coefficient (Wildman–Crippen LogP) is 4.21. The van der Waals surface area contributed by atoms with Crippen LogP contribution >= 0.6 is 11.8 Å². The van der Waals surface area contributed by atoms with Crippen molar-refractivity contribution in [2.24, 2.45) is 5.92 Å². The van der Waals surface area contributed by atoms with Crippen molar-refractivity contribution in [2.75, 3.05) is 20.6 Å². The van der Waals surface area contributed by atoms with Crippen molar-refractivity contribution in [1.82, 2.24) is 25.0 Å². The Balaban J connectivity index is 1.75. The molecule has 1 aliphatic rings. The summed E-state index contributed by atoms with van der Waals surface area (Å²) in [6, 6.07) is 6.28. The summed E-state index contributed by atoms with van der Waals surface area (Å²) in [5.74, 6) is 1.07. The van der Waals surface area contributed by atoms with Crippen molar-refractivity contribution < 1.29 is 9.18 Å². The lowest BCUT2D eigenvalue weighted by atomic mass is 9.89. The van der Waals surface area contributed by atoms with Crippen molar-refractivity contribution >= 4 is 17.7 Å². The van der Waals surface area contributed by atoms with Gasteiger partial charge >= 0.3 is 0 Å². The Morgan fingerprint density at radius 1 is 1.20 bits per heavy atom. The molecule has 2 atom stereocenters. The van der Waals surface area contributed by atoms with Crippen molar-refractivity contribution in [3.8, 4) is 5.69 Å². The second-order valence-corrected chi connectivity index (χ2v) is 9.61. The number of aromatic nitrogens is 3. The number of halogens is 1. The zero-order valence-electron chi connectivity index (χ0n) is 18.3. The number of carbonyl (C=O) groups excluding carboxylic acids is 1. The van der Waals surface area contributed by atoms with Crippen LogP contribution in [0.1, 0.15) is 57.8 Å². The fourth-order valence-corrected chi connectivity index (χ4v) is 4.58. The molecule has 1 fully saturated rings. The molecule has 0 unspecified atom stereocenters. The summed E-state index contributed by atoms with van der Waals surface area (Å²) >= 11 is 1.38. The molecular formula is C22H32FN5OS. The third kappa shape index (κ3) is 5.60. The van der Waals surface area contributed by atoms with E-state index in [-0.39, 0.29) is 23.0 Å².